The molecule has 0 amide bonds. The van der Waals surface area contributed by atoms with E-state index in [1.165, 1.54) is 6.20 Å². The number of anilines is 1. The van der Waals surface area contributed by atoms with Crippen LogP contribution in [0.4, 0.5) is 5.95 Å². The van der Waals surface area contributed by atoms with Crippen LogP contribution >= 0.6 is 0 Å². The van der Waals surface area contributed by atoms with Gasteiger partial charge in [0.1, 0.15) is 0 Å². The molecule has 0 aliphatic rings. The number of sulfonamides is 1. The number of hydrogen-bond acceptors (Lipinski definition) is 4. The third kappa shape index (κ3) is 2.83. The fourth-order valence-electron chi connectivity index (χ4n) is 0.664. The van der Waals surface area contributed by atoms with E-state index >= 15 is 0 Å². The Morgan fingerprint density at radius 3 is 2.67 bits per heavy atom. The van der Waals surface area contributed by atoms with Crippen molar-refractivity contribution >= 4 is 16.0 Å². The third-order valence-electron chi connectivity index (χ3n) is 1.07. The number of aryl methyl sites for hydroxylation is 1. The van der Waals surface area contributed by atoms with Crippen molar-refractivity contribution in [1.29, 1.82) is 0 Å². The summed E-state index contributed by atoms with van der Waals surface area (Å²) in [4.78, 5) is 7.58. The molecule has 0 unspecified atom stereocenters. The Labute approximate surface area is 70.9 Å². The molecule has 1 heterocycles. The van der Waals surface area contributed by atoms with E-state index < -0.39 is 10.0 Å². The summed E-state index contributed by atoms with van der Waals surface area (Å²) >= 11 is 0. The Morgan fingerprint density at radius 2 is 2.17 bits per heavy atom. The summed E-state index contributed by atoms with van der Waals surface area (Å²) in [6.07, 6.45) is 2.55. The molecular formula is C6H9N3O2S. The van der Waals surface area contributed by atoms with Gasteiger partial charge in [-0.25, -0.2) is 18.4 Å². The Morgan fingerprint density at radius 1 is 1.50 bits per heavy atom. The molecule has 0 aromatic carbocycles. The van der Waals surface area contributed by atoms with E-state index in [2.05, 4.69) is 14.7 Å². The zero-order valence-corrected chi connectivity index (χ0v) is 7.59. The van der Waals surface area contributed by atoms with E-state index in [9.17, 15) is 8.42 Å². The van der Waals surface area contributed by atoms with Crippen molar-refractivity contribution in [2.24, 2.45) is 0 Å². The van der Waals surface area contributed by atoms with E-state index in [-0.39, 0.29) is 5.95 Å². The molecule has 5 nitrogen and oxygen atoms in total. The molecule has 0 saturated carbocycles. The van der Waals surface area contributed by atoms with Gasteiger partial charge >= 0.3 is 0 Å². The first-order valence-electron chi connectivity index (χ1n) is 3.25. The third-order valence-corrected chi connectivity index (χ3v) is 1.62. The van der Waals surface area contributed by atoms with Crippen LogP contribution in [-0.4, -0.2) is 24.6 Å². The lowest BCUT2D eigenvalue weighted by Gasteiger charge is -2.00. The summed E-state index contributed by atoms with van der Waals surface area (Å²) < 4.78 is 23.6. The molecule has 1 aromatic heterocycles. The van der Waals surface area contributed by atoms with E-state index in [1.54, 1.807) is 13.0 Å². The van der Waals surface area contributed by atoms with Gasteiger partial charge in [-0.15, -0.1) is 0 Å². The Bertz CT molecular complexity index is 374. The van der Waals surface area contributed by atoms with Gasteiger partial charge in [0.05, 0.1) is 6.26 Å². The first kappa shape index (κ1) is 8.92. The summed E-state index contributed by atoms with van der Waals surface area (Å²) in [5, 5.41) is 0. The lowest BCUT2D eigenvalue weighted by atomic mass is 10.5. The largest absolute Gasteiger partial charge is 0.251 e. The van der Waals surface area contributed by atoms with Gasteiger partial charge in [0.15, 0.2) is 0 Å². The molecule has 66 valence electrons. The first-order valence-corrected chi connectivity index (χ1v) is 5.14. The lowest BCUT2D eigenvalue weighted by Crippen LogP contribution is -2.12. The van der Waals surface area contributed by atoms with Gasteiger partial charge in [-0.2, -0.15) is 0 Å². The van der Waals surface area contributed by atoms with Crippen molar-refractivity contribution in [3.8, 4) is 0 Å². The standard InChI is InChI=1S/C6H9N3O2S/c1-5-3-4-7-6(8-5)9-12(2,10)11/h3-4H,1-2H3,(H,7,8,9). The summed E-state index contributed by atoms with van der Waals surface area (Å²) in [5.74, 6) is 0.109. The summed E-state index contributed by atoms with van der Waals surface area (Å²) in [7, 11) is -3.27. The molecule has 0 aliphatic heterocycles. The number of nitrogens with zero attached hydrogens (tertiary/aromatic N) is 2. The maximum absolute atomic E-state index is 10.7. The molecule has 1 rings (SSSR count). The van der Waals surface area contributed by atoms with Crippen molar-refractivity contribution in [3.05, 3.63) is 18.0 Å². The van der Waals surface area contributed by atoms with Gasteiger partial charge in [0.2, 0.25) is 16.0 Å². The second-order valence-corrected chi connectivity index (χ2v) is 4.14. The smallest absolute Gasteiger partial charge is 0.236 e. The average Bonchev–Trinajstić information content (AvgIpc) is 1.82. The highest BCUT2D eigenvalue weighted by molar-refractivity contribution is 7.91. The van der Waals surface area contributed by atoms with Crippen molar-refractivity contribution in [2.45, 2.75) is 6.92 Å². The highest BCUT2D eigenvalue weighted by Gasteiger charge is 2.02. The minimum atomic E-state index is -3.27. The van der Waals surface area contributed by atoms with Crippen molar-refractivity contribution in [1.82, 2.24) is 9.97 Å². The fraction of sp³-hybridized carbons (Fsp3) is 0.333. The molecule has 6 heteroatoms. The Hall–Kier alpha value is -1.17. The van der Waals surface area contributed by atoms with Crippen LogP contribution in [0, 0.1) is 6.92 Å². The van der Waals surface area contributed by atoms with Gasteiger partial charge in [-0.05, 0) is 13.0 Å². The second-order valence-electron chi connectivity index (χ2n) is 2.40. The quantitative estimate of drug-likeness (QED) is 0.715. The summed E-state index contributed by atoms with van der Waals surface area (Å²) in [6.45, 7) is 1.76. The zero-order chi connectivity index (χ0) is 9.19. The molecule has 1 aromatic rings. The maximum Gasteiger partial charge on any atom is 0.236 e. The van der Waals surface area contributed by atoms with E-state index in [0.29, 0.717) is 0 Å². The Balaban J connectivity index is 2.91. The van der Waals surface area contributed by atoms with Crippen LogP contribution in [0.2, 0.25) is 0 Å². The number of aromatic nitrogens is 2. The van der Waals surface area contributed by atoms with Crippen LogP contribution in [0.1, 0.15) is 5.69 Å². The minimum Gasteiger partial charge on any atom is -0.251 e. The molecule has 1 N–H and O–H groups in total. The second kappa shape index (κ2) is 3.06. The molecule has 0 bridgehead atoms. The van der Waals surface area contributed by atoms with Gasteiger partial charge in [-0.1, -0.05) is 0 Å². The molecular weight excluding hydrogens is 178 g/mol. The van der Waals surface area contributed by atoms with Crippen LogP contribution in [0.5, 0.6) is 0 Å². The molecule has 0 fully saturated rings. The number of rotatable bonds is 2. The average molecular weight is 187 g/mol. The van der Waals surface area contributed by atoms with Gasteiger partial charge < -0.3 is 0 Å². The molecule has 0 atom stereocenters. The lowest BCUT2D eigenvalue weighted by molar-refractivity contribution is 0.606. The predicted molar refractivity (Wildman–Crippen MR) is 45.2 cm³/mol. The molecule has 0 radical (unpaired) electrons. The normalized spacial score (nSPS) is 11.2. The molecule has 12 heavy (non-hydrogen) atoms. The molecule has 0 saturated heterocycles. The van der Waals surface area contributed by atoms with Gasteiger partial charge in [-0.3, -0.25) is 4.72 Å². The SMILES string of the molecule is Cc1ccnc(NS(C)(=O)=O)n1. The Kier molecular flexibility index (Phi) is 2.27. The highest BCUT2D eigenvalue weighted by Crippen LogP contribution is 1.99. The van der Waals surface area contributed by atoms with E-state index in [1.807, 2.05) is 0 Å². The van der Waals surface area contributed by atoms with Crippen molar-refractivity contribution in [3.63, 3.8) is 0 Å². The van der Waals surface area contributed by atoms with Gasteiger partial charge in [0.25, 0.3) is 0 Å². The van der Waals surface area contributed by atoms with E-state index in [4.69, 9.17) is 0 Å². The maximum atomic E-state index is 10.7. The monoisotopic (exact) mass is 187 g/mol. The number of nitrogens with one attached hydrogen (secondary N) is 1. The van der Waals surface area contributed by atoms with E-state index in [0.717, 1.165) is 11.9 Å². The van der Waals surface area contributed by atoms with Crippen LogP contribution in [0.15, 0.2) is 12.3 Å². The highest BCUT2D eigenvalue weighted by atomic mass is 32.2. The van der Waals surface area contributed by atoms with Crippen molar-refractivity contribution in [2.75, 3.05) is 11.0 Å². The van der Waals surface area contributed by atoms with Crippen LogP contribution in [0.25, 0.3) is 0 Å². The minimum absolute atomic E-state index is 0.109. The van der Waals surface area contributed by atoms with Gasteiger partial charge in [0, 0.05) is 11.9 Å². The summed E-state index contributed by atoms with van der Waals surface area (Å²) in [6, 6.07) is 1.69. The van der Waals surface area contributed by atoms with Crippen LogP contribution in [0.3, 0.4) is 0 Å². The fourth-order valence-corrected chi connectivity index (χ4v) is 1.09. The molecule has 0 aliphatic carbocycles. The molecule has 0 spiro atoms. The summed E-state index contributed by atoms with van der Waals surface area (Å²) in [5.41, 5.74) is 0.719. The van der Waals surface area contributed by atoms with Crippen LogP contribution in [-0.2, 0) is 10.0 Å². The number of hydrogen-bond donors (Lipinski definition) is 1. The van der Waals surface area contributed by atoms with Crippen molar-refractivity contribution < 1.29 is 8.42 Å². The first-order chi connectivity index (χ1) is 5.47. The predicted octanol–water partition coefficient (Wildman–Crippen LogP) is 0.157. The topological polar surface area (TPSA) is 72.0 Å². The zero-order valence-electron chi connectivity index (χ0n) is 6.77. The van der Waals surface area contributed by atoms with Crippen LogP contribution < -0.4 is 4.72 Å².